The normalized spacial score (nSPS) is 10.5. The molecule has 0 spiro atoms. The second-order valence-electron chi connectivity index (χ2n) is 3.32. The molecule has 17 heavy (non-hydrogen) atoms. The van der Waals surface area contributed by atoms with E-state index < -0.39 is 5.24 Å². The highest BCUT2D eigenvalue weighted by Gasteiger charge is 2.15. The smallest absolute Gasteiger partial charge is 0.264 e. The standard InChI is InChI=1S/C11H6BrCl2NOS/c12-11-15-8(9(17-11)10(14)16)5-6-1-3-7(13)4-2-6/h1-4H,5H2. The summed E-state index contributed by atoms with van der Waals surface area (Å²) in [5.74, 6) is 0. The van der Waals surface area contributed by atoms with E-state index in [0.29, 0.717) is 25.9 Å². The Balaban J connectivity index is 2.29. The first-order valence-electron chi connectivity index (χ1n) is 4.66. The fourth-order valence-corrected chi connectivity index (χ4v) is 3.08. The Labute approximate surface area is 121 Å². The Hall–Kier alpha value is -0.420. The Kier molecular flexibility index (Phi) is 4.20. The molecule has 0 fully saturated rings. The summed E-state index contributed by atoms with van der Waals surface area (Å²) in [6.45, 7) is 0. The number of carbonyl (C=O) groups excluding carboxylic acids is 1. The van der Waals surface area contributed by atoms with Gasteiger partial charge in [0.15, 0.2) is 3.92 Å². The first kappa shape index (κ1) is 13.0. The van der Waals surface area contributed by atoms with E-state index in [2.05, 4.69) is 20.9 Å². The van der Waals surface area contributed by atoms with Crippen molar-refractivity contribution >= 4 is 55.7 Å². The molecular weight excluding hydrogens is 345 g/mol. The van der Waals surface area contributed by atoms with Crippen molar-refractivity contribution in [2.75, 3.05) is 0 Å². The highest BCUT2D eigenvalue weighted by molar-refractivity contribution is 9.11. The molecule has 0 amide bonds. The number of benzene rings is 1. The zero-order valence-corrected chi connectivity index (χ0v) is 12.3. The minimum atomic E-state index is -0.475. The summed E-state index contributed by atoms with van der Waals surface area (Å²) >= 11 is 15.8. The molecule has 0 aliphatic rings. The van der Waals surface area contributed by atoms with E-state index in [4.69, 9.17) is 23.2 Å². The van der Waals surface area contributed by atoms with Crippen LogP contribution in [0.5, 0.6) is 0 Å². The maximum atomic E-state index is 11.2. The van der Waals surface area contributed by atoms with Crippen LogP contribution in [0.3, 0.4) is 0 Å². The number of carbonyl (C=O) groups is 1. The van der Waals surface area contributed by atoms with Gasteiger partial charge in [0.25, 0.3) is 5.24 Å². The first-order valence-corrected chi connectivity index (χ1v) is 7.02. The fraction of sp³-hybridized carbons (Fsp3) is 0.0909. The lowest BCUT2D eigenvalue weighted by Gasteiger charge is -2.00. The number of hydrogen-bond donors (Lipinski definition) is 0. The number of halogens is 3. The van der Waals surface area contributed by atoms with Crippen molar-refractivity contribution in [2.24, 2.45) is 0 Å². The van der Waals surface area contributed by atoms with Gasteiger partial charge in [-0.3, -0.25) is 4.79 Å². The Morgan fingerprint density at radius 1 is 1.35 bits per heavy atom. The lowest BCUT2D eigenvalue weighted by Crippen LogP contribution is -1.95. The first-order chi connectivity index (χ1) is 8.06. The molecular formula is C11H6BrCl2NOS. The molecule has 0 bridgehead atoms. The van der Waals surface area contributed by atoms with Gasteiger partial charge in [0.05, 0.1) is 5.69 Å². The van der Waals surface area contributed by atoms with Gasteiger partial charge in [-0.05, 0) is 45.2 Å². The summed E-state index contributed by atoms with van der Waals surface area (Å²) in [5, 5.41) is 0.207. The molecule has 0 radical (unpaired) electrons. The zero-order valence-electron chi connectivity index (χ0n) is 8.41. The Morgan fingerprint density at radius 2 is 2.00 bits per heavy atom. The number of nitrogens with zero attached hydrogens (tertiary/aromatic N) is 1. The van der Waals surface area contributed by atoms with Crippen molar-refractivity contribution in [3.63, 3.8) is 0 Å². The van der Waals surface area contributed by atoms with E-state index in [0.717, 1.165) is 5.56 Å². The Morgan fingerprint density at radius 3 is 2.59 bits per heavy atom. The highest BCUT2D eigenvalue weighted by Crippen LogP contribution is 2.26. The van der Waals surface area contributed by atoms with Crippen LogP contribution in [0.2, 0.25) is 5.02 Å². The molecule has 2 rings (SSSR count). The van der Waals surface area contributed by atoms with E-state index in [1.54, 1.807) is 12.1 Å². The molecule has 0 N–H and O–H groups in total. The minimum Gasteiger partial charge on any atom is -0.275 e. The predicted octanol–water partition coefficient (Wildman–Crippen LogP) is 4.53. The van der Waals surface area contributed by atoms with E-state index in [-0.39, 0.29) is 0 Å². The zero-order chi connectivity index (χ0) is 12.4. The third-order valence-corrected chi connectivity index (χ3v) is 4.24. The summed E-state index contributed by atoms with van der Waals surface area (Å²) in [4.78, 5) is 15.9. The van der Waals surface area contributed by atoms with Gasteiger partial charge < -0.3 is 0 Å². The second-order valence-corrected chi connectivity index (χ2v) is 6.37. The van der Waals surface area contributed by atoms with Crippen LogP contribution in [0, 0.1) is 0 Å². The molecule has 0 atom stereocenters. The number of rotatable bonds is 3. The molecule has 1 aromatic heterocycles. The number of aromatic nitrogens is 1. The lowest BCUT2D eigenvalue weighted by atomic mass is 10.1. The number of thiazole rings is 1. The van der Waals surface area contributed by atoms with Crippen molar-refractivity contribution in [1.29, 1.82) is 0 Å². The largest absolute Gasteiger partial charge is 0.275 e. The van der Waals surface area contributed by atoms with Crippen molar-refractivity contribution < 1.29 is 4.79 Å². The van der Waals surface area contributed by atoms with Gasteiger partial charge in [-0.15, -0.1) is 11.3 Å². The topological polar surface area (TPSA) is 30.0 Å². The van der Waals surface area contributed by atoms with Gasteiger partial charge in [0.2, 0.25) is 0 Å². The van der Waals surface area contributed by atoms with E-state index in [1.807, 2.05) is 12.1 Å². The van der Waals surface area contributed by atoms with Crippen molar-refractivity contribution in [3.8, 4) is 0 Å². The van der Waals surface area contributed by atoms with Gasteiger partial charge in [-0.1, -0.05) is 23.7 Å². The van der Waals surface area contributed by atoms with Crippen molar-refractivity contribution in [2.45, 2.75) is 6.42 Å². The van der Waals surface area contributed by atoms with Gasteiger partial charge in [0, 0.05) is 11.4 Å². The molecule has 0 aliphatic heterocycles. The maximum absolute atomic E-state index is 11.2. The van der Waals surface area contributed by atoms with Crippen LogP contribution in [-0.2, 0) is 6.42 Å². The average Bonchev–Trinajstić information content (AvgIpc) is 2.63. The van der Waals surface area contributed by atoms with Crippen LogP contribution in [0.4, 0.5) is 0 Å². The SMILES string of the molecule is O=C(Cl)c1sc(Br)nc1Cc1ccc(Cl)cc1. The monoisotopic (exact) mass is 349 g/mol. The van der Waals surface area contributed by atoms with Crippen molar-refractivity contribution in [1.82, 2.24) is 4.98 Å². The summed E-state index contributed by atoms with van der Waals surface area (Å²) < 4.78 is 0.658. The molecule has 0 unspecified atom stereocenters. The molecule has 88 valence electrons. The molecule has 1 aromatic carbocycles. The summed E-state index contributed by atoms with van der Waals surface area (Å²) in [6, 6.07) is 7.41. The summed E-state index contributed by atoms with van der Waals surface area (Å²) in [7, 11) is 0. The van der Waals surface area contributed by atoms with Crippen LogP contribution in [0.15, 0.2) is 28.2 Å². The van der Waals surface area contributed by atoms with Gasteiger partial charge in [-0.2, -0.15) is 0 Å². The molecule has 6 heteroatoms. The molecule has 0 saturated carbocycles. The van der Waals surface area contributed by atoms with Crippen LogP contribution >= 0.6 is 50.5 Å². The third-order valence-electron chi connectivity index (χ3n) is 2.13. The minimum absolute atomic E-state index is 0.475. The van der Waals surface area contributed by atoms with Crippen LogP contribution < -0.4 is 0 Å². The van der Waals surface area contributed by atoms with Gasteiger partial charge in [-0.25, -0.2) is 4.98 Å². The quantitative estimate of drug-likeness (QED) is 0.761. The fourth-order valence-electron chi connectivity index (χ4n) is 1.39. The highest BCUT2D eigenvalue weighted by atomic mass is 79.9. The molecule has 2 aromatic rings. The van der Waals surface area contributed by atoms with Crippen LogP contribution in [0.25, 0.3) is 0 Å². The summed E-state index contributed by atoms with van der Waals surface area (Å²) in [5.41, 5.74) is 1.72. The van der Waals surface area contributed by atoms with E-state index in [1.165, 1.54) is 11.3 Å². The predicted molar refractivity (Wildman–Crippen MR) is 74.3 cm³/mol. The molecule has 1 heterocycles. The maximum Gasteiger partial charge on any atom is 0.264 e. The van der Waals surface area contributed by atoms with Gasteiger partial charge >= 0.3 is 0 Å². The Bertz CT molecular complexity index is 553. The number of hydrogen-bond acceptors (Lipinski definition) is 3. The van der Waals surface area contributed by atoms with Gasteiger partial charge in [0.1, 0.15) is 4.88 Å². The van der Waals surface area contributed by atoms with Crippen molar-refractivity contribution in [3.05, 3.63) is 49.3 Å². The lowest BCUT2D eigenvalue weighted by molar-refractivity contribution is 0.108. The van der Waals surface area contributed by atoms with Crippen LogP contribution in [0.1, 0.15) is 20.9 Å². The van der Waals surface area contributed by atoms with E-state index in [9.17, 15) is 4.79 Å². The molecule has 0 saturated heterocycles. The van der Waals surface area contributed by atoms with Crippen LogP contribution in [-0.4, -0.2) is 10.2 Å². The van der Waals surface area contributed by atoms with E-state index >= 15 is 0 Å². The molecule has 0 aliphatic carbocycles. The second kappa shape index (κ2) is 5.48. The molecule has 2 nitrogen and oxygen atoms in total. The average molecular weight is 351 g/mol. The third kappa shape index (κ3) is 3.28. The summed E-state index contributed by atoms with van der Waals surface area (Å²) in [6.07, 6.45) is 0.563.